The van der Waals surface area contributed by atoms with Gasteiger partial charge in [0.15, 0.2) is 0 Å². The molecule has 0 bridgehead atoms. The molecule has 0 radical (unpaired) electrons. The molecule has 0 aliphatic heterocycles. The molecule has 0 saturated heterocycles. The average Bonchev–Trinajstić information content (AvgIpc) is 2.88. The average molecular weight is 532 g/mol. The van der Waals surface area contributed by atoms with Crippen molar-refractivity contribution in [2.24, 2.45) is 0 Å². The van der Waals surface area contributed by atoms with Gasteiger partial charge >= 0.3 is 0 Å². The van der Waals surface area contributed by atoms with Gasteiger partial charge in [0.25, 0.3) is 0 Å². The summed E-state index contributed by atoms with van der Waals surface area (Å²) in [6.45, 7) is 3.56. The van der Waals surface area contributed by atoms with Gasteiger partial charge in [-0.1, -0.05) is 157 Å². The first kappa shape index (κ1) is 35.6. The summed E-state index contributed by atoms with van der Waals surface area (Å²) in [6, 6.07) is 22.7. The quantitative estimate of drug-likeness (QED) is 0.130. The lowest BCUT2D eigenvalue weighted by molar-refractivity contribution is -0.921. The second-order valence-electron chi connectivity index (χ2n) is 11.4. The zero-order chi connectivity index (χ0) is 25.0. The van der Waals surface area contributed by atoms with Gasteiger partial charge in [-0.2, -0.15) is 0 Å². The standard InChI is InChI=1S/C34H56N.ClH.H2O/c1-4-5-6-7-8-9-10-11-12-13-14-15-16-17-18-25-30-35(2,3)34(33-28-23-20-24-29-33)31-32-26-21-19-22-27-32;;/h19-24,26-29,34H,4-18,25,30-31H2,1-3H3;1H;1H2/q+1;;/p-1. The summed E-state index contributed by atoms with van der Waals surface area (Å²) >= 11 is 0. The first-order valence-electron chi connectivity index (χ1n) is 15.0. The monoisotopic (exact) mass is 531 g/mol. The highest BCUT2D eigenvalue weighted by Gasteiger charge is 2.29. The van der Waals surface area contributed by atoms with Gasteiger partial charge in [-0.25, -0.2) is 0 Å². The molecule has 0 aliphatic carbocycles. The molecule has 2 aromatic rings. The van der Waals surface area contributed by atoms with E-state index in [1.165, 1.54) is 120 Å². The highest BCUT2D eigenvalue weighted by molar-refractivity contribution is 5.22. The molecule has 3 heteroatoms. The fourth-order valence-corrected chi connectivity index (χ4v) is 5.50. The van der Waals surface area contributed by atoms with Crippen molar-refractivity contribution in [3.05, 3.63) is 71.8 Å². The summed E-state index contributed by atoms with van der Waals surface area (Å²) in [6.07, 6.45) is 24.0. The van der Waals surface area contributed by atoms with Gasteiger partial charge in [-0.05, 0) is 18.4 Å². The minimum atomic E-state index is 0. The van der Waals surface area contributed by atoms with Crippen LogP contribution in [0, 0.1) is 0 Å². The van der Waals surface area contributed by atoms with Crippen molar-refractivity contribution in [1.82, 2.24) is 0 Å². The third-order valence-electron chi connectivity index (χ3n) is 7.89. The van der Waals surface area contributed by atoms with Gasteiger partial charge in [0.2, 0.25) is 0 Å². The number of benzene rings is 2. The number of halogens is 1. The van der Waals surface area contributed by atoms with E-state index in [0.29, 0.717) is 6.04 Å². The van der Waals surface area contributed by atoms with E-state index in [-0.39, 0.29) is 17.9 Å². The van der Waals surface area contributed by atoms with Crippen molar-refractivity contribution in [1.29, 1.82) is 0 Å². The molecule has 0 saturated carbocycles. The second-order valence-corrected chi connectivity index (χ2v) is 11.4. The van der Waals surface area contributed by atoms with Gasteiger partial charge in [0, 0.05) is 12.0 Å². The summed E-state index contributed by atoms with van der Waals surface area (Å²) < 4.78 is 1.07. The fourth-order valence-electron chi connectivity index (χ4n) is 5.50. The lowest BCUT2D eigenvalue weighted by Gasteiger charge is -2.39. The number of nitrogens with zero attached hydrogens (tertiary/aromatic N) is 1. The largest absolute Gasteiger partial charge is 1.00 e. The number of rotatable bonds is 21. The Morgan fingerprint density at radius 2 is 0.919 bits per heavy atom. The van der Waals surface area contributed by atoms with Crippen LogP contribution in [-0.2, 0) is 6.42 Å². The van der Waals surface area contributed by atoms with Crippen LogP contribution in [0.1, 0.15) is 127 Å². The van der Waals surface area contributed by atoms with Crippen molar-refractivity contribution in [3.8, 4) is 0 Å². The Kier molecular flexibility index (Phi) is 21.8. The molecule has 0 aromatic heterocycles. The minimum Gasteiger partial charge on any atom is -1.00 e. The third kappa shape index (κ3) is 16.3. The Hall–Kier alpha value is -1.35. The minimum absolute atomic E-state index is 0. The van der Waals surface area contributed by atoms with Gasteiger partial charge in [-0.15, -0.1) is 0 Å². The molecular formula is C34H58ClNO. The second kappa shape index (κ2) is 22.6. The molecule has 2 N–H and O–H groups in total. The lowest BCUT2D eigenvalue weighted by Crippen LogP contribution is -3.00. The van der Waals surface area contributed by atoms with Crippen molar-refractivity contribution < 1.29 is 22.4 Å². The zero-order valence-corrected chi connectivity index (χ0v) is 25.2. The van der Waals surface area contributed by atoms with Gasteiger partial charge in [0.1, 0.15) is 6.04 Å². The topological polar surface area (TPSA) is 31.5 Å². The number of hydrogen-bond acceptors (Lipinski definition) is 0. The zero-order valence-electron chi connectivity index (χ0n) is 24.4. The summed E-state index contributed by atoms with van der Waals surface area (Å²) in [5.74, 6) is 0. The number of quaternary nitrogens is 1. The van der Waals surface area contributed by atoms with Crippen LogP contribution >= 0.6 is 0 Å². The molecule has 0 amide bonds. The highest BCUT2D eigenvalue weighted by Crippen LogP contribution is 2.30. The molecule has 2 nitrogen and oxygen atoms in total. The Morgan fingerprint density at radius 3 is 1.35 bits per heavy atom. The summed E-state index contributed by atoms with van der Waals surface area (Å²) in [5.41, 5.74) is 2.91. The molecule has 1 unspecified atom stereocenters. The van der Waals surface area contributed by atoms with Gasteiger partial charge in [-0.3, -0.25) is 0 Å². The number of hydrogen-bond donors (Lipinski definition) is 0. The van der Waals surface area contributed by atoms with E-state index in [9.17, 15) is 0 Å². The maximum Gasteiger partial charge on any atom is 0.118 e. The highest BCUT2D eigenvalue weighted by atomic mass is 35.5. The van der Waals surface area contributed by atoms with E-state index in [0.717, 1.165) is 10.9 Å². The molecule has 37 heavy (non-hydrogen) atoms. The van der Waals surface area contributed by atoms with Crippen LogP contribution < -0.4 is 12.4 Å². The number of unbranched alkanes of at least 4 members (excludes halogenated alkanes) is 15. The van der Waals surface area contributed by atoms with Crippen molar-refractivity contribution in [2.45, 2.75) is 122 Å². The normalized spacial score (nSPS) is 12.0. The maximum absolute atomic E-state index is 2.44. The molecule has 0 aliphatic rings. The number of likely N-dealkylation sites (N-methyl/N-ethyl adjacent to an activating group) is 1. The molecule has 2 rings (SSSR count). The molecule has 0 spiro atoms. The van der Waals surface area contributed by atoms with Crippen molar-refractivity contribution in [2.75, 3.05) is 20.6 Å². The Morgan fingerprint density at radius 1 is 0.541 bits per heavy atom. The van der Waals surface area contributed by atoms with E-state index in [4.69, 9.17) is 0 Å². The molecule has 0 fully saturated rings. The summed E-state index contributed by atoms with van der Waals surface area (Å²) in [5, 5.41) is 0. The summed E-state index contributed by atoms with van der Waals surface area (Å²) in [7, 11) is 4.87. The predicted molar refractivity (Wildman–Crippen MR) is 159 cm³/mol. The Bertz CT molecular complexity index is 734. The predicted octanol–water partition coefficient (Wildman–Crippen LogP) is 6.49. The van der Waals surface area contributed by atoms with Crippen LogP contribution in [0.2, 0.25) is 0 Å². The van der Waals surface area contributed by atoms with Crippen molar-refractivity contribution >= 4 is 0 Å². The summed E-state index contributed by atoms with van der Waals surface area (Å²) in [4.78, 5) is 0. The lowest BCUT2D eigenvalue weighted by atomic mass is 9.95. The van der Waals surface area contributed by atoms with Crippen LogP contribution in [0.4, 0.5) is 0 Å². The SMILES string of the molecule is CCCCCCCCCCCCCCCCCC[N+](C)(C)C(Cc1ccccc1)c1ccccc1.O.[Cl-]. The van der Waals surface area contributed by atoms with Crippen LogP contribution in [-0.4, -0.2) is 30.6 Å². The van der Waals surface area contributed by atoms with Crippen LogP contribution in [0.5, 0.6) is 0 Å². The first-order valence-corrected chi connectivity index (χ1v) is 15.0. The van der Waals surface area contributed by atoms with E-state index in [1.54, 1.807) is 0 Å². The van der Waals surface area contributed by atoms with Gasteiger partial charge in [0.05, 0.1) is 20.6 Å². The van der Waals surface area contributed by atoms with Crippen molar-refractivity contribution in [3.63, 3.8) is 0 Å². The molecular weight excluding hydrogens is 474 g/mol. The van der Waals surface area contributed by atoms with Gasteiger partial charge < -0.3 is 22.4 Å². The third-order valence-corrected chi connectivity index (χ3v) is 7.89. The van der Waals surface area contributed by atoms with E-state index in [1.807, 2.05) is 0 Å². The van der Waals surface area contributed by atoms with Crippen LogP contribution in [0.15, 0.2) is 60.7 Å². The molecule has 212 valence electrons. The molecule has 0 heterocycles. The van der Waals surface area contributed by atoms with E-state index >= 15 is 0 Å². The maximum atomic E-state index is 2.44. The first-order chi connectivity index (χ1) is 17.1. The smallest absolute Gasteiger partial charge is 0.118 e. The Balaban J connectivity index is 0.00000648. The van der Waals surface area contributed by atoms with Crippen LogP contribution in [0.3, 0.4) is 0 Å². The molecule has 2 aromatic carbocycles. The molecule has 1 atom stereocenters. The Labute approximate surface area is 236 Å². The fraction of sp³-hybridized carbons (Fsp3) is 0.647. The van der Waals surface area contributed by atoms with Crippen LogP contribution in [0.25, 0.3) is 0 Å². The van der Waals surface area contributed by atoms with E-state index in [2.05, 4.69) is 81.7 Å². The van der Waals surface area contributed by atoms with E-state index < -0.39 is 0 Å².